The van der Waals surface area contributed by atoms with E-state index in [4.69, 9.17) is 4.74 Å². The second kappa shape index (κ2) is 7.29. The first-order chi connectivity index (χ1) is 10.8. The molecule has 0 bridgehead atoms. The molecule has 4 N–H and O–H groups in total. The van der Waals surface area contributed by atoms with Crippen molar-refractivity contribution in [1.82, 2.24) is 10.6 Å². The normalized spacial score (nSPS) is 17.1. The van der Waals surface area contributed by atoms with E-state index in [1.165, 1.54) is 11.1 Å². The molecule has 6 heteroatoms. The lowest BCUT2D eigenvalue weighted by molar-refractivity contribution is 0.0129. The molecular formula is C17H26N2O4. The number of rotatable bonds is 4. The summed E-state index contributed by atoms with van der Waals surface area (Å²) in [6, 6.07) is 5.71. The quantitative estimate of drug-likeness (QED) is 0.670. The Bertz CT molecular complexity index is 554. The third kappa shape index (κ3) is 5.20. The smallest absolute Gasteiger partial charge is 0.407 e. The largest absolute Gasteiger partial charge is 0.444 e. The summed E-state index contributed by atoms with van der Waals surface area (Å²) in [7, 11) is 0. The number of nitrogens with one attached hydrogen (secondary N) is 2. The molecule has 0 aromatic heterocycles. The number of hydrogen-bond acceptors (Lipinski definition) is 5. The molecule has 1 aliphatic rings. The van der Waals surface area contributed by atoms with Crippen LogP contribution in [0.5, 0.6) is 0 Å². The molecule has 0 aliphatic carbocycles. The molecule has 0 radical (unpaired) electrons. The van der Waals surface area contributed by atoms with Gasteiger partial charge in [-0.05, 0) is 50.4 Å². The molecule has 1 heterocycles. The van der Waals surface area contributed by atoms with E-state index in [-0.39, 0.29) is 6.54 Å². The van der Waals surface area contributed by atoms with Crippen LogP contribution in [0.15, 0.2) is 18.2 Å². The van der Waals surface area contributed by atoms with Gasteiger partial charge in [0.25, 0.3) is 0 Å². The Morgan fingerprint density at radius 2 is 2.09 bits per heavy atom. The molecule has 6 nitrogen and oxygen atoms in total. The zero-order valence-electron chi connectivity index (χ0n) is 13.9. The van der Waals surface area contributed by atoms with Crippen LogP contribution in [0.3, 0.4) is 0 Å². The number of benzene rings is 1. The van der Waals surface area contributed by atoms with Crippen LogP contribution in [0.25, 0.3) is 0 Å². The molecule has 1 aliphatic heterocycles. The van der Waals surface area contributed by atoms with Crippen LogP contribution < -0.4 is 10.6 Å². The molecule has 1 aromatic carbocycles. The summed E-state index contributed by atoms with van der Waals surface area (Å²) in [6.07, 6.45) is -1.85. The van der Waals surface area contributed by atoms with Gasteiger partial charge in [-0.1, -0.05) is 18.2 Å². The third-order valence-electron chi connectivity index (χ3n) is 3.68. The molecule has 2 rings (SSSR count). The monoisotopic (exact) mass is 322 g/mol. The van der Waals surface area contributed by atoms with E-state index in [1.807, 2.05) is 18.2 Å². The fourth-order valence-electron chi connectivity index (χ4n) is 2.52. The number of fused-ring (bicyclic) bond motifs is 1. The second-order valence-electron chi connectivity index (χ2n) is 6.85. The third-order valence-corrected chi connectivity index (χ3v) is 3.68. The highest BCUT2D eigenvalue weighted by molar-refractivity contribution is 5.67. The first kappa shape index (κ1) is 17.7. The lowest BCUT2D eigenvalue weighted by atomic mass is 9.95. The van der Waals surface area contributed by atoms with Crippen molar-refractivity contribution in [2.45, 2.75) is 51.5 Å². The lowest BCUT2D eigenvalue weighted by Gasteiger charge is -2.23. The highest BCUT2D eigenvalue weighted by Gasteiger charge is 2.22. The average Bonchev–Trinajstić information content (AvgIpc) is 2.49. The minimum absolute atomic E-state index is 0.0747. The minimum atomic E-state index is -1.10. The summed E-state index contributed by atoms with van der Waals surface area (Å²) in [4.78, 5) is 11.6. The molecule has 2 atom stereocenters. The number of alkyl carbamates (subject to hydrolysis) is 1. The summed E-state index contributed by atoms with van der Waals surface area (Å²) in [5.74, 6) is 0. The van der Waals surface area contributed by atoms with Gasteiger partial charge in [0.1, 0.15) is 17.8 Å². The molecule has 2 unspecified atom stereocenters. The van der Waals surface area contributed by atoms with Crippen molar-refractivity contribution in [2.75, 3.05) is 13.1 Å². The van der Waals surface area contributed by atoms with Crippen LogP contribution in [0.2, 0.25) is 0 Å². The summed E-state index contributed by atoms with van der Waals surface area (Å²) >= 11 is 0. The molecule has 23 heavy (non-hydrogen) atoms. The Labute approximate surface area is 136 Å². The average molecular weight is 322 g/mol. The molecule has 128 valence electrons. The molecule has 0 saturated heterocycles. The number of ether oxygens (including phenoxy) is 1. The summed E-state index contributed by atoms with van der Waals surface area (Å²) < 4.78 is 5.10. The molecule has 0 saturated carbocycles. The maximum Gasteiger partial charge on any atom is 0.407 e. The molecular weight excluding hydrogens is 296 g/mol. The summed E-state index contributed by atoms with van der Waals surface area (Å²) in [5, 5.41) is 26.1. The fourth-order valence-corrected chi connectivity index (χ4v) is 2.52. The van der Waals surface area contributed by atoms with Crippen molar-refractivity contribution in [1.29, 1.82) is 0 Å². The van der Waals surface area contributed by atoms with E-state index in [9.17, 15) is 15.0 Å². The Morgan fingerprint density at radius 1 is 1.35 bits per heavy atom. The Kier molecular flexibility index (Phi) is 5.62. The highest BCUT2D eigenvalue weighted by Crippen LogP contribution is 2.22. The van der Waals surface area contributed by atoms with Crippen LogP contribution in [0.4, 0.5) is 4.79 Å². The molecule has 0 spiro atoms. The van der Waals surface area contributed by atoms with E-state index in [2.05, 4.69) is 10.6 Å². The summed E-state index contributed by atoms with van der Waals surface area (Å²) in [5.41, 5.74) is 2.46. The van der Waals surface area contributed by atoms with Crippen molar-refractivity contribution in [3.05, 3.63) is 34.9 Å². The van der Waals surface area contributed by atoms with Gasteiger partial charge in [-0.15, -0.1) is 0 Å². The van der Waals surface area contributed by atoms with Gasteiger partial charge < -0.3 is 25.6 Å². The van der Waals surface area contributed by atoms with E-state index in [0.29, 0.717) is 5.56 Å². The molecule has 1 aromatic rings. The minimum Gasteiger partial charge on any atom is -0.444 e. The fraction of sp³-hybridized carbons (Fsp3) is 0.588. The highest BCUT2D eigenvalue weighted by atomic mass is 16.6. The Hall–Kier alpha value is -1.63. The van der Waals surface area contributed by atoms with Crippen molar-refractivity contribution in [3.63, 3.8) is 0 Å². The Morgan fingerprint density at radius 3 is 2.78 bits per heavy atom. The predicted molar refractivity (Wildman–Crippen MR) is 87.1 cm³/mol. The number of amides is 1. The van der Waals surface area contributed by atoms with Crippen LogP contribution in [-0.4, -0.2) is 41.1 Å². The van der Waals surface area contributed by atoms with Gasteiger partial charge in [0, 0.05) is 13.1 Å². The van der Waals surface area contributed by atoms with E-state index < -0.39 is 23.9 Å². The van der Waals surface area contributed by atoms with Crippen molar-refractivity contribution in [2.24, 2.45) is 0 Å². The first-order valence-electron chi connectivity index (χ1n) is 7.91. The van der Waals surface area contributed by atoms with Crippen molar-refractivity contribution in [3.8, 4) is 0 Å². The van der Waals surface area contributed by atoms with Gasteiger partial charge in [-0.3, -0.25) is 0 Å². The zero-order chi connectivity index (χ0) is 17.0. The van der Waals surface area contributed by atoms with Crippen molar-refractivity contribution < 1.29 is 19.7 Å². The standard InChI is InChI=1S/C17H26N2O4/c1-17(2,3)23-16(22)19-10-14(20)15(21)12-4-5-13-9-18-7-6-11(13)8-12/h4-5,8,14-15,18,20-21H,6-7,9-10H2,1-3H3,(H,19,22). The van der Waals surface area contributed by atoms with E-state index in [0.717, 1.165) is 19.5 Å². The second-order valence-corrected chi connectivity index (χ2v) is 6.85. The number of aliphatic hydroxyl groups excluding tert-OH is 2. The number of carbonyl (C=O) groups excluding carboxylic acids is 1. The molecule has 0 fully saturated rings. The lowest BCUT2D eigenvalue weighted by Crippen LogP contribution is -2.38. The van der Waals surface area contributed by atoms with E-state index >= 15 is 0 Å². The van der Waals surface area contributed by atoms with Crippen LogP contribution in [0, 0.1) is 0 Å². The number of carbonyl (C=O) groups is 1. The van der Waals surface area contributed by atoms with Gasteiger partial charge in [0.15, 0.2) is 0 Å². The maximum absolute atomic E-state index is 11.6. The van der Waals surface area contributed by atoms with Gasteiger partial charge >= 0.3 is 6.09 Å². The van der Waals surface area contributed by atoms with Crippen LogP contribution >= 0.6 is 0 Å². The topological polar surface area (TPSA) is 90.8 Å². The molecule has 1 amide bonds. The van der Waals surface area contributed by atoms with Gasteiger partial charge in [0.2, 0.25) is 0 Å². The SMILES string of the molecule is CC(C)(C)OC(=O)NCC(O)C(O)c1ccc2c(c1)CCNC2. The zero-order valence-corrected chi connectivity index (χ0v) is 13.9. The van der Waals surface area contributed by atoms with Gasteiger partial charge in [-0.2, -0.15) is 0 Å². The van der Waals surface area contributed by atoms with Gasteiger partial charge in [0.05, 0.1) is 0 Å². The summed E-state index contributed by atoms with van der Waals surface area (Å²) in [6.45, 7) is 6.96. The number of hydrogen-bond donors (Lipinski definition) is 4. The number of aliphatic hydroxyl groups is 2. The van der Waals surface area contributed by atoms with E-state index in [1.54, 1.807) is 20.8 Å². The van der Waals surface area contributed by atoms with Crippen LogP contribution in [0.1, 0.15) is 43.6 Å². The first-order valence-corrected chi connectivity index (χ1v) is 7.91. The predicted octanol–water partition coefficient (Wildman–Crippen LogP) is 1.25. The Balaban J connectivity index is 1.92. The van der Waals surface area contributed by atoms with Gasteiger partial charge in [-0.25, -0.2) is 4.79 Å². The van der Waals surface area contributed by atoms with Crippen LogP contribution in [-0.2, 0) is 17.7 Å². The maximum atomic E-state index is 11.6. The van der Waals surface area contributed by atoms with Crippen molar-refractivity contribution >= 4 is 6.09 Å².